The Morgan fingerprint density at radius 2 is 2.00 bits per heavy atom. The fourth-order valence-corrected chi connectivity index (χ4v) is 3.36. The molecule has 1 fully saturated rings. The number of H-pyrrole nitrogens is 1. The largest absolute Gasteiger partial charge is 0.369 e. The third-order valence-electron chi connectivity index (χ3n) is 5.57. The van der Waals surface area contributed by atoms with E-state index in [4.69, 9.17) is 4.74 Å². The smallest absolute Gasteiger partial charge is 0.275 e. The summed E-state index contributed by atoms with van der Waals surface area (Å²) in [5.74, 6) is 0.0399. The molecule has 5 nitrogen and oxygen atoms in total. The highest BCUT2D eigenvalue weighted by Gasteiger charge is 2.55. The van der Waals surface area contributed by atoms with Crippen molar-refractivity contribution in [3.05, 3.63) is 17.0 Å². The van der Waals surface area contributed by atoms with Crippen molar-refractivity contribution in [3.63, 3.8) is 0 Å². The zero-order valence-corrected chi connectivity index (χ0v) is 13.8. The third kappa shape index (κ3) is 1.94. The first-order chi connectivity index (χ1) is 9.65. The predicted octanol–water partition coefficient (Wildman–Crippen LogP) is 2.69. The fourth-order valence-electron chi connectivity index (χ4n) is 3.36. The molecule has 0 unspecified atom stereocenters. The minimum atomic E-state index is -0.141. The molecule has 0 saturated carbocycles. The summed E-state index contributed by atoms with van der Waals surface area (Å²) in [5.41, 5.74) is 2.57. The summed E-state index contributed by atoms with van der Waals surface area (Å²) in [6.45, 7) is 13.5. The number of likely N-dealkylation sites (tertiary alicyclic amines) is 1. The van der Waals surface area contributed by atoms with E-state index in [0.29, 0.717) is 5.69 Å². The SMILES string of the molecule is C[C@@H]1Cc2c(C(=O)N3CC(C)(C)C3(C)C)n[nH]c2[C@H](C)O1. The summed E-state index contributed by atoms with van der Waals surface area (Å²) in [4.78, 5) is 14.8. The molecule has 0 spiro atoms. The van der Waals surface area contributed by atoms with Crippen LogP contribution in [0, 0.1) is 5.41 Å². The molecule has 1 N–H and O–H groups in total. The quantitative estimate of drug-likeness (QED) is 0.865. The van der Waals surface area contributed by atoms with Crippen molar-refractivity contribution in [3.8, 4) is 0 Å². The first kappa shape index (κ1) is 14.6. The summed E-state index contributed by atoms with van der Waals surface area (Å²) in [6.07, 6.45) is 0.839. The summed E-state index contributed by atoms with van der Waals surface area (Å²) < 4.78 is 5.78. The minimum Gasteiger partial charge on any atom is -0.369 e. The number of nitrogens with zero attached hydrogens (tertiary/aromatic N) is 2. The second-order valence-electron chi connectivity index (χ2n) is 7.59. The maximum Gasteiger partial charge on any atom is 0.275 e. The van der Waals surface area contributed by atoms with Gasteiger partial charge in [-0.05, 0) is 27.7 Å². The third-order valence-corrected chi connectivity index (χ3v) is 5.57. The molecule has 5 heteroatoms. The van der Waals surface area contributed by atoms with Gasteiger partial charge in [-0.25, -0.2) is 0 Å². The Morgan fingerprint density at radius 1 is 1.33 bits per heavy atom. The van der Waals surface area contributed by atoms with E-state index in [1.807, 2.05) is 18.7 Å². The number of aromatic amines is 1. The predicted molar refractivity (Wildman–Crippen MR) is 80.2 cm³/mol. The van der Waals surface area contributed by atoms with Crippen LogP contribution in [0.25, 0.3) is 0 Å². The lowest BCUT2D eigenvalue weighted by atomic mass is 9.65. The van der Waals surface area contributed by atoms with Gasteiger partial charge in [0.1, 0.15) is 0 Å². The lowest BCUT2D eigenvalue weighted by molar-refractivity contribution is -0.0885. The molecule has 2 atom stereocenters. The van der Waals surface area contributed by atoms with Crippen LogP contribution in [0.2, 0.25) is 0 Å². The Hall–Kier alpha value is -1.36. The monoisotopic (exact) mass is 291 g/mol. The number of ether oxygens (including phenoxy) is 1. The van der Waals surface area contributed by atoms with Gasteiger partial charge in [0.25, 0.3) is 5.91 Å². The summed E-state index contributed by atoms with van der Waals surface area (Å²) in [7, 11) is 0. The van der Waals surface area contributed by atoms with Crippen molar-refractivity contribution >= 4 is 5.91 Å². The highest BCUT2D eigenvalue weighted by molar-refractivity contribution is 5.95. The van der Waals surface area contributed by atoms with E-state index in [1.54, 1.807) is 0 Å². The van der Waals surface area contributed by atoms with Gasteiger partial charge >= 0.3 is 0 Å². The van der Waals surface area contributed by atoms with Crippen LogP contribution in [0.3, 0.4) is 0 Å². The van der Waals surface area contributed by atoms with Crippen LogP contribution in [0.1, 0.15) is 69.4 Å². The maximum absolute atomic E-state index is 12.9. The van der Waals surface area contributed by atoms with E-state index in [9.17, 15) is 4.79 Å². The highest BCUT2D eigenvalue weighted by atomic mass is 16.5. The van der Waals surface area contributed by atoms with Crippen LogP contribution in [-0.4, -0.2) is 39.2 Å². The second-order valence-corrected chi connectivity index (χ2v) is 7.59. The van der Waals surface area contributed by atoms with Crippen molar-refractivity contribution in [2.24, 2.45) is 5.41 Å². The van der Waals surface area contributed by atoms with Crippen molar-refractivity contribution in [2.45, 2.75) is 65.7 Å². The molecule has 0 radical (unpaired) electrons. The van der Waals surface area contributed by atoms with Gasteiger partial charge in [-0.15, -0.1) is 0 Å². The van der Waals surface area contributed by atoms with E-state index in [-0.39, 0.29) is 29.1 Å². The van der Waals surface area contributed by atoms with Crippen molar-refractivity contribution in [1.82, 2.24) is 15.1 Å². The van der Waals surface area contributed by atoms with E-state index in [2.05, 4.69) is 37.9 Å². The number of hydrogen-bond acceptors (Lipinski definition) is 3. The Balaban J connectivity index is 1.91. The zero-order valence-electron chi connectivity index (χ0n) is 13.8. The van der Waals surface area contributed by atoms with E-state index in [1.165, 1.54) is 0 Å². The first-order valence-corrected chi connectivity index (χ1v) is 7.69. The Kier molecular flexibility index (Phi) is 3.00. The van der Waals surface area contributed by atoms with Gasteiger partial charge in [-0.2, -0.15) is 5.10 Å². The number of hydrogen-bond donors (Lipinski definition) is 1. The molecule has 21 heavy (non-hydrogen) atoms. The van der Waals surface area contributed by atoms with Gasteiger partial charge in [0.15, 0.2) is 5.69 Å². The average Bonchev–Trinajstić information content (AvgIpc) is 2.79. The summed E-state index contributed by atoms with van der Waals surface area (Å²) in [6, 6.07) is 0. The number of carbonyl (C=O) groups is 1. The Morgan fingerprint density at radius 3 is 2.57 bits per heavy atom. The van der Waals surface area contributed by atoms with E-state index in [0.717, 1.165) is 24.2 Å². The number of aromatic nitrogens is 2. The number of rotatable bonds is 1. The molecule has 1 amide bonds. The second kappa shape index (κ2) is 4.32. The molecule has 1 aromatic heterocycles. The van der Waals surface area contributed by atoms with Gasteiger partial charge in [0, 0.05) is 29.5 Å². The van der Waals surface area contributed by atoms with E-state index >= 15 is 0 Å². The Bertz CT molecular complexity index is 588. The molecular formula is C16H25N3O2. The van der Waals surface area contributed by atoms with Crippen LogP contribution in [-0.2, 0) is 11.2 Å². The zero-order chi connectivity index (χ0) is 15.6. The molecular weight excluding hydrogens is 266 g/mol. The van der Waals surface area contributed by atoms with E-state index < -0.39 is 0 Å². The highest BCUT2D eigenvalue weighted by Crippen LogP contribution is 2.47. The maximum atomic E-state index is 12.9. The fraction of sp³-hybridized carbons (Fsp3) is 0.750. The van der Waals surface area contributed by atoms with Crippen LogP contribution >= 0.6 is 0 Å². The first-order valence-electron chi connectivity index (χ1n) is 7.69. The summed E-state index contributed by atoms with van der Waals surface area (Å²) >= 11 is 0. The minimum absolute atomic E-state index is 0.0290. The number of nitrogens with one attached hydrogen (secondary N) is 1. The topological polar surface area (TPSA) is 58.2 Å². The van der Waals surface area contributed by atoms with Crippen LogP contribution in [0.15, 0.2) is 0 Å². The molecule has 0 aliphatic carbocycles. The molecule has 2 aliphatic heterocycles. The lowest BCUT2D eigenvalue weighted by Gasteiger charge is -2.61. The Labute approximate surface area is 126 Å². The molecule has 0 aromatic carbocycles. The molecule has 1 saturated heterocycles. The summed E-state index contributed by atoms with van der Waals surface area (Å²) in [5, 5.41) is 7.31. The van der Waals surface area contributed by atoms with Gasteiger partial charge in [0.05, 0.1) is 17.9 Å². The van der Waals surface area contributed by atoms with Crippen molar-refractivity contribution in [2.75, 3.05) is 6.54 Å². The average molecular weight is 291 g/mol. The number of amides is 1. The number of fused-ring (bicyclic) bond motifs is 1. The van der Waals surface area contributed by atoms with Gasteiger partial charge in [-0.3, -0.25) is 9.89 Å². The molecule has 2 aliphatic rings. The molecule has 116 valence electrons. The molecule has 3 rings (SSSR count). The standard InChI is InChI=1S/C16H25N3O2/c1-9-7-11-12(10(2)21-9)17-18-13(11)14(20)19-8-15(3,4)16(19,5)6/h9-10H,7-8H2,1-6H3,(H,17,18)/t9-,10+/m1/s1. The normalized spacial score (nSPS) is 29.7. The van der Waals surface area contributed by atoms with Gasteiger partial charge in [-0.1, -0.05) is 13.8 Å². The van der Waals surface area contributed by atoms with Gasteiger partial charge < -0.3 is 9.64 Å². The van der Waals surface area contributed by atoms with Crippen LogP contribution in [0.5, 0.6) is 0 Å². The molecule has 1 aromatic rings. The van der Waals surface area contributed by atoms with Crippen molar-refractivity contribution < 1.29 is 9.53 Å². The molecule has 0 bridgehead atoms. The lowest BCUT2D eigenvalue weighted by Crippen LogP contribution is -2.70. The van der Waals surface area contributed by atoms with Crippen molar-refractivity contribution in [1.29, 1.82) is 0 Å². The number of carbonyl (C=O) groups excluding carboxylic acids is 1. The molecule has 3 heterocycles. The van der Waals surface area contributed by atoms with Crippen LogP contribution in [0.4, 0.5) is 0 Å². The van der Waals surface area contributed by atoms with Crippen LogP contribution < -0.4 is 0 Å². The van der Waals surface area contributed by atoms with Gasteiger partial charge in [0.2, 0.25) is 0 Å².